The summed E-state index contributed by atoms with van der Waals surface area (Å²) in [7, 11) is 1.65. The molecule has 0 radical (unpaired) electrons. The Kier molecular flexibility index (Phi) is 6.89. The molecule has 1 aliphatic heterocycles. The highest BCUT2D eigenvalue weighted by atomic mass is 32.2. The van der Waals surface area contributed by atoms with E-state index >= 15 is 0 Å². The van der Waals surface area contributed by atoms with Crippen LogP contribution in [0.1, 0.15) is 17.7 Å². The maximum absolute atomic E-state index is 13.5. The van der Waals surface area contributed by atoms with Crippen LogP contribution in [0, 0.1) is 0 Å². The zero-order valence-corrected chi connectivity index (χ0v) is 18.5. The van der Waals surface area contributed by atoms with Gasteiger partial charge in [0, 0.05) is 19.6 Å². The van der Waals surface area contributed by atoms with Crippen molar-refractivity contribution in [1.82, 2.24) is 19.7 Å². The summed E-state index contributed by atoms with van der Waals surface area (Å²) in [5.41, 5.74) is 1.83. The smallest absolute Gasteiger partial charge is 0.240 e. The maximum atomic E-state index is 13.5. The predicted molar refractivity (Wildman–Crippen MR) is 120 cm³/mol. The lowest BCUT2D eigenvalue weighted by molar-refractivity contribution is -0.134. The van der Waals surface area contributed by atoms with E-state index in [1.54, 1.807) is 7.11 Å². The number of thioether (sulfide) groups is 1. The fourth-order valence-electron chi connectivity index (χ4n) is 3.63. The van der Waals surface area contributed by atoms with E-state index in [4.69, 9.17) is 9.47 Å². The van der Waals surface area contributed by atoms with Gasteiger partial charge in [0.15, 0.2) is 11.0 Å². The fourth-order valence-corrected chi connectivity index (χ4v) is 4.82. The van der Waals surface area contributed by atoms with E-state index in [-0.39, 0.29) is 5.91 Å². The molecule has 8 heteroatoms. The topological polar surface area (TPSA) is 69.5 Å². The van der Waals surface area contributed by atoms with Gasteiger partial charge >= 0.3 is 0 Å². The Morgan fingerprint density at radius 2 is 1.81 bits per heavy atom. The van der Waals surface area contributed by atoms with Crippen molar-refractivity contribution in [2.24, 2.45) is 0 Å². The molecule has 2 heterocycles. The van der Waals surface area contributed by atoms with Crippen molar-refractivity contribution < 1.29 is 14.3 Å². The van der Waals surface area contributed by atoms with Crippen molar-refractivity contribution in [2.45, 2.75) is 23.9 Å². The quantitative estimate of drug-likeness (QED) is 0.525. The minimum absolute atomic E-state index is 0.0731. The van der Waals surface area contributed by atoms with Gasteiger partial charge in [0.1, 0.15) is 11.0 Å². The van der Waals surface area contributed by atoms with Gasteiger partial charge in [0.2, 0.25) is 5.91 Å². The number of benzene rings is 2. The Morgan fingerprint density at radius 3 is 2.52 bits per heavy atom. The second-order valence-electron chi connectivity index (χ2n) is 7.10. The van der Waals surface area contributed by atoms with Gasteiger partial charge in [0.25, 0.3) is 0 Å². The molecule has 1 atom stereocenters. The number of aromatic nitrogens is 3. The molecule has 162 valence electrons. The number of ether oxygens (including phenoxy) is 2. The first-order valence-corrected chi connectivity index (χ1v) is 11.3. The molecule has 3 aromatic rings. The van der Waals surface area contributed by atoms with Crippen LogP contribution >= 0.6 is 11.8 Å². The van der Waals surface area contributed by atoms with Crippen molar-refractivity contribution >= 4 is 17.7 Å². The minimum Gasteiger partial charge on any atom is -0.496 e. The molecule has 0 unspecified atom stereocenters. The second kappa shape index (κ2) is 9.98. The summed E-state index contributed by atoms with van der Waals surface area (Å²) in [6.07, 6.45) is 0. The van der Waals surface area contributed by atoms with Gasteiger partial charge in [-0.1, -0.05) is 54.2 Å². The average Bonchev–Trinajstić information content (AvgIpc) is 3.25. The first kappa shape index (κ1) is 21.4. The molecule has 0 bridgehead atoms. The lowest BCUT2D eigenvalue weighted by Crippen LogP contribution is -2.42. The molecule has 1 aromatic heterocycles. The van der Waals surface area contributed by atoms with Crippen molar-refractivity contribution in [2.75, 3.05) is 33.4 Å². The van der Waals surface area contributed by atoms with Crippen LogP contribution in [-0.4, -0.2) is 59.0 Å². The van der Waals surface area contributed by atoms with Crippen LogP contribution in [0.15, 0.2) is 59.8 Å². The van der Waals surface area contributed by atoms with E-state index in [1.165, 1.54) is 11.8 Å². The number of para-hydroxylation sites is 1. The summed E-state index contributed by atoms with van der Waals surface area (Å²) in [5.74, 6) is 1.54. The van der Waals surface area contributed by atoms with E-state index in [2.05, 4.69) is 10.2 Å². The van der Waals surface area contributed by atoms with Crippen LogP contribution in [0.3, 0.4) is 0 Å². The zero-order chi connectivity index (χ0) is 21.6. The maximum Gasteiger partial charge on any atom is 0.240 e. The van der Waals surface area contributed by atoms with Gasteiger partial charge < -0.3 is 18.9 Å². The Balaban J connectivity index is 1.69. The predicted octanol–water partition coefficient (Wildman–Crippen LogP) is 3.67. The Labute approximate surface area is 186 Å². The van der Waals surface area contributed by atoms with Gasteiger partial charge in [0.05, 0.1) is 25.9 Å². The van der Waals surface area contributed by atoms with Gasteiger partial charge in [-0.2, -0.15) is 0 Å². The molecule has 7 nitrogen and oxygen atoms in total. The van der Waals surface area contributed by atoms with E-state index in [9.17, 15) is 4.79 Å². The van der Waals surface area contributed by atoms with E-state index in [1.807, 2.05) is 71.0 Å². The second-order valence-corrected chi connectivity index (χ2v) is 8.17. The summed E-state index contributed by atoms with van der Waals surface area (Å²) < 4.78 is 13.0. The van der Waals surface area contributed by atoms with Crippen LogP contribution in [0.2, 0.25) is 0 Å². The van der Waals surface area contributed by atoms with E-state index in [0.717, 1.165) is 22.7 Å². The van der Waals surface area contributed by atoms with Crippen LogP contribution < -0.4 is 4.74 Å². The molecule has 0 spiro atoms. The number of morpholine rings is 1. The normalized spacial score (nSPS) is 15.0. The zero-order valence-electron chi connectivity index (χ0n) is 17.7. The average molecular weight is 439 g/mol. The highest BCUT2D eigenvalue weighted by Gasteiger charge is 2.30. The summed E-state index contributed by atoms with van der Waals surface area (Å²) in [4.78, 5) is 15.3. The van der Waals surface area contributed by atoms with Gasteiger partial charge in [-0.05, 0) is 24.6 Å². The summed E-state index contributed by atoms with van der Waals surface area (Å²) in [5, 5.41) is 9.21. The monoisotopic (exact) mass is 438 g/mol. The lowest BCUT2D eigenvalue weighted by Gasteiger charge is -2.30. The molecule has 1 amide bonds. The molecule has 2 aromatic carbocycles. The molecule has 0 N–H and O–H groups in total. The van der Waals surface area contributed by atoms with Crippen LogP contribution in [0.4, 0.5) is 0 Å². The number of carbonyl (C=O) groups is 1. The largest absolute Gasteiger partial charge is 0.496 e. The molecule has 31 heavy (non-hydrogen) atoms. The van der Waals surface area contributed by atoms with E-state index < -0.39 is 5.25 Å². The Bertz CT molecular complexity index is 1020. The SMILES string of the molecule is CCn1c(S[C@H](C(=O)N2CCOCC2)c2ccccc2)nnc1-c1ccccc1OC. The third kappa shape index (κ3) is 4.60. The van der Waals surface area contributed by atoms with E-state index in [0.29, 0.717) is 38.0 Å². The summed E-state index contributed by atoms with van der Waals surface area (Å²) >= 11 is 1.44. The number of nitrogens with zero attached hydrogens (tertiary/aromatic N) is 4. The molecule has 0 saturated carbocycles. The van der Waals surface area contributed by atoms with Crippen LogP contribution in [0.5, 0.6) is 5.75 Å². The standard InChI is InChI=1S/C23H26N4O3S/c1-3-27-21(18-11-7-8-12-19(18)29-2)24-25-23(27)31-20(17-9-5-4-6-10-17)22(28)26-13-15-30-16-14-26/h4-12,20H,3,13-16H2,1-2H3/t20-/m0/s1. The number of methoxy groups -OCH3 is 1. The number of hydrogen-bond donors (Lipinski definition) is 0. The molecule has 1 aliphatic rings. The van der Waals surface area contributed by atoms with Crippen molar-refractivity contribution in [3.63, 3.8) is 0 Å². The number of rotatable bonds is 7. The number of hydrogen-bond acceptors (Lipinski definition) is 6. The van der Waals surface area contributed by atoms with Crippen LogP contribution in [0.25, 0.3) is 11.4 Å². The van der Waals surface area contributed by atoms with Crippen molar-refractivity contribution in [1.29, 1.82) is 0 Å². The summed E-state index contributed by atoms with van der Waals surface area (Å²) in [6, 6.07) is 17.6. The Morgan fingerprint density at radius 1 is 1.10 bits per heavy atom. The number of carbonyl (C=O) groups excluding carboxylic acids is 1. The van der Waals surface area contributed by atoms with Crippen LogP contribution in [-0.2, 0) is 16.1 Å². The van der Waals surface area contributed by atoms with Gasteiger partial charge in [-0.3, -0.25) is 4.79 Å². The van der Waals surface area contributed by atoms with Crippen molar-refractivity contribution in [3.05, 3.63) is 60.2 Å². The minimum atomic E-state index is -0.403. The highest BCUT2D eigenvalue weighted by molar-refractivity contribution is 8.00. The molecule has 0 aliphatic carbocycles. The molecular formula is C23H26N4O3S. The third-order valence-electron chi connectivity index (χ3n) is 5.25. The molecule has 4 rings (SSSR count). The molecule has 1 fully saturated rings. The van der Waals surface area contributed by atoms with Gasteiger partial charge in [-0.15, -0.1) is 10.2 Å². The Hall–Kier alpha value is -2.84. The molecular weight excluding hydrogens is 412 g/mol. The highest BCUT2D eigenvalue weighted by Crippen LogP contribution is 2.38. The van der Waals surface area contributed by atoms with Crippen molar-refractivity contribution in [3.8, 4) is 17.1 Å². The summed E-state index contributed by atoms with van der Waals surface area (Å²) in [6.45, 7) is 5.08. The fraction of sp³-hybridized carbons (Fsp3) is 0.348. The lowest BCUT2D eigenvalue weighted by atomic mass is 10.1. The molecule has 1 saturated heterocycles. The third-order valence-corrected chi connectivity index (χ3v) is 6.48. The first-order valence-electron chi connectivity index (χ1n) is 10.4. The first-order chi connectivity index (χ1) is 15.2. The number of amides is 1. The van der Waals surface area contributed by atoms with Gasteiger partial charge in [-0.25, -0.2) is 0 Å².